The summed E-state index contributed by atoms with van der Waals surface area (Å²) in [6.07, 6.45) is -0.0760. The Hall–Kier alpha value is -3.25. The minimum Gasteiger partial charge on any atom is -0.349 e. The first-order valence-corrected chi connectivity index (χ1v) is 10.1. The molecule has 0 saturated heterocycles. The molecule has 3 aromatic rings. The minimum atomic E-state index is -0.737. The lowest BCUT2D eigenvalue weighted by atomic mass is 10.0. The molecular formula is C24H21ClF2N2O2. The number of carbonyl (C=O) groups excluding carboxylic acids is 2. The fourth-order valence-electron chi connectivity index (χ4n) is 3.24. The molecule has 0 saturated carbocycles. The van der Waals surface area contributed by atoms with E-state index in [0.29, 0.717) is 10.6 Å². The van der Waals surface area contributed by atoms with Crippen LogP contribution in [-0.2, 0) is 4.79 Å². The van der Waals surface area contributed by atoms with E-state index in [2.05, 4.69) is 10.6 Å². The molecule has 31 heavy (non-hydrogen) atoms. The summed E-state index contributed by atoms with van der Waals surface area (Å²) in [7, 11) is 0. The molecule has 4 nitrogen and oxygen atoms in total. The van der Waals surface area contributed by atoms with Gasteiger partial charge < -0.3 is 10.6 Å². The summed E-state index contributed by atoms with van der Waals surface area (Å²) in [5.74, 6) is -2.24. The number of halogens is 3. The van der Waals surface area contributed by atoms with Gasteiger partial charge in [-0.1, -0.05) is 60.1 Å². The van der Waals surface area contributed by atoms with E-state index >= 15 is 0 Å². The third kappa shape index (κ3) is 5.89. The molecule has 0 aliphatic carbocycles. The second-order valence-corrected chi connectivity index (χ2v) is 7.48. The van der Waals surface area contributed by atoms with Crippen LogP contribution in [0.4, 0.5) is 8.78 Å². The zero-order chi connectivity index (χ0) is 22.4. The van der Waals surface area contributed by atoms with Gasteiger partial charge in [0.25, 0.3) is 5.91 Å². The maximum absolute atomic E-state index is 14.0. The molecule has 0 aliphatic rings. The molecule has 160 valence electrons. The zero-order valence-electron chi connectivity index (χ0n) is 16.7. The number of benzene rings is 3. The van der Waals surface area contributed by atoms with Gasteiger partial charge in [0.2, 0.25) is 5.91 Å². The first-order chi connectivity index (χ1) is 14.8. The fraction of sp³-hybridized carbons (Fsp3) is 0.167. The molecule has 0 aromatic heterocycles. The van der Waals surface area contributed by atoms with Crippen molar-refractivity contribution in [3.05, 3.63) is 106 Å². The molecule has 0 fully saturated rings. The molecule has 2 atom stereocenters. The predicted octanol–water partition coefficient (Wildman–Crippen LogP) is 5.36. The third-order valence-electron chi connectivity index (χ3n) is 4.82. The van der Waals surface area contributed by atoms with Crippen molar-refractivity contribution in [2.75, 3.05) is 0 Å². The third-order valence-corrected chi connectivity index (χ3v) is 5.15. The lowest BCUT2D eigenvalue weighted by Gasteiger charge is -2.21. The maximum Gasteiger partial charge on any atom is 0.253 e. The average molecular weight is 443 g/mol. The van der Waals surface area contributed by atoms with E-state index < -0.39 is 35.5 Å². The van der Waals surface area contributed by atoms with Crippen molar-refractivity contribution in [1.29, 1.82) is 0 Å². The largest absolute Gasteiger partial charge is 0.349 e. The van der Waals surface area contributed by atoms with Gasteiger partial charge in [-0.2, -0.15) is 0 Å². The molecule has 2 N–H and O–H groups in total. The van der Waals surface area contributed by atoms with Gasteiger partial charge >= 0.3 is 0 Å². The van der Waals surface area contributed by atoms with Crippen LogP contribution in [0.3, 0.4) is 0 Å². The van der Waals surface area contributed by atoms with Gasteiger partial charge in [0.1, 0.15) is 11.6 Å². The van der Waals surface area contributed by atoms with E-state index in [9.17, 15) is 18.4 Å². The Morgan fingerprint density at radius 1 is 0.935 bits per heavy atom. The highest BCUT2D eigenvalue weighted by Crippen LogP contribution is 2.22. The van der Waals surface area contributed by atoms with Gasteiger partial charge in [-0.3, -0.25) is 9.59 Å². The summed E-state index contributed by atoms with van der Waals surface area (Å²) in [6, 6.07) is 17.6. The van der Waals surface area contributed by atoms with Gasteiger partial charge in [-0.05, 0) is 30.7 Å². The van der Waals surface area contributed by atoms with Gasteiger partial charge in [0.05, 0.1) is 29.1 Å². The number of amides is 2. The molecule has 3 aromatic carbocycles. The second kappa shape index (κ2) is 10.2. The van der Waals surface area contributed by atoms with Gasteiger partial charge in [-0.15, -0.1) is 0 Å². The normalized spacial score (nSPS) is 12.6. The lowest BCUT2D eigenvalue weighted by Crippen LogP contribution is -2.35. The molecule has 2 unspecified atom stereocenters. The van der Waals surface area contributed by atoms with Crippen molar-refractivity contribution in [1.82, 2.24) is 10.6 Å². The lowest BCUT2D eigenvalue weighted by molar-refractivity contribution is -0.122. The first-order valence-electron chi connectivity index (χ1n) is 9.70. The van der Waals surface area contributed by atoms with Crippen LogP contribution in [-0.4, -0.2) is 11.8 Å². The summed E-state index contributed by atoms with van der Waals surface area (Å²) in [4.78, 5) is 25.4. The minimum absolute atomic E-state index is 0.0760. The Balaban J connectivity index is 1.75. The highest BCUT2D eigenvalue weighted by atomic mass is 35.5. The smallest absolute Gasteiger partial charge is 0.253 e. The van der Waals surface area contributed by atoms with Crippen molar-refractivity contribution in [3.63, 3.8) is 0 Å². The molecule has 0 heterocycles. The summed E-state index contributed by atoms with van der Waals surface area (Å²) >= 11 is 6.11. The molecular weight excluding hydrogens is 422 g/mol. The van der Waals surface area contributed by atoms with E-state index in [4.69, 9.17) is 11.6 Å². The number of hydrogen-bond donors (Lipinski definition) is 2. The van der Waals surface area contributed by atoms with E-state index in [1.54, 1.807) is 55.5 Å². The predicted molar refractivity (Wildman–Crippen MR) is 116 cm³/mol. The second-order valence-electron chi connectivity index (χ2n) is 7.08. The molecule has 0 spiro atoms. The fourth-order valence-corrected chi connectivity index (χ4v) is 3.46. The van der Waals surface area contributed by atoms with E-state index in [1.807, 2.05) is 6.07 Å². The maximum atomic E-state index is 14.0. The molecule has 2 amide bonds. The van der Waals surface area contributed by atoms with Crippen LogP contribution in [0.2, 0.25) is 5.02 Å². The SMILES string of the molecule is CC(NC(=O)CC(NC(=O)c1ccccc1Cl)c1ccccc1)c1ccc(F)cc1F. The monoisotopic (exact) mass is 442 g/mol. The van der Waals surface area contributed by atoms with Gasteiger partial charge in [0, 0.05) is 11.6 Å². The molecule has 0 aliphatic heterocycles. The van der Waals surface area contributed by atoms with Gasteiger partial charge in [-0.25, -0.2) is 8.78 Å². The van der Waals surface area contributed by atoms with Crippen molar-refractivity contribution >= 4 is 23.4 Å². The van der Waals surface area contributed by atoms with E-state index in [0.717, 1.165) is 17.7 Å². The summed E-state index contributed by atoms with van der Waals surface area (Å²) < 4.78 is 27.2. The number of rotatable bonds is 7. The van der Waals surface area contributed by atoms with Crippen LogP contribution in [0.25, 0.3) is 0 Å². The summed E-state index contributed by atoms with van der Waals surface area (Å²) in [6.45, 7) is 1.61. The molecule has 0 radical (unpaired) electrons. The Morgan fingerprint density at radius 3 is 2.29 bits per heavy atom. The first kappa shape index (κ1) is 22.4. The Kier molecular flexibility index (Phi) is 7.36. The van der Waals surface area contributed by atoms with Crippen molar-refractivity contribution in [2.24, 2.45) is 0 Å². The Labute approximate surface area is 184 Å². The zero-order valence-corrected chi connectivity index (χ0v) is 17.5. The van der Waals surface area contributed by atoms with Crippen molar-refractivity contribution in [3.8, 4) is 0 Å². The van der Waals surface area contributed by atoms with Crippen LogP contribution in [0.15, 0.2) is 72.8 Å². The number of hydrogen-bond acceptors (Lipinski definition) is 2. The summed E-state index contributed by atoms with van der Waals surface area (Å²) in [5, 5.41) is 5.85. The molecule has 7 heteroatoms. The number of nitrogens with one attached hydrogen (secondary N) is 2. The van der Waals surface area contributed by atoms with Crippen LogP contribution < -0.4 is 10.6 Å². The quantitative estimate of drug-likeness (QED) is 0.517. The highest BCUT2D eigenvalue weighted by Gasteiger charge is 2.22. The average Bonchev–Trinajstić information content (AvgIpc) is 2.74. The van der Waals surface area contributed by atoms with E-state index in [1.165, 1.54) is 6.07 Å². The molecule has 3 rings (SSSR count). The van der Waals surface area contributed by atoms with E-state index in [-0.39, 0.29) is 12.0 Å². The molecule has 0 bridgehead atoms. The Morgan fingerprint density at radius 2 is 1.61 bits per heavy atom. The standard InChI is InChI=1S/C24H21ClF2N2O2/c1-15(18-12-11-17(26)13-21(18)27)28-23(30)14-22(16-7-3-2-4-8-16)29-24(31)19-9-5-6-10-20(19)25/h2-13,15,22H,14H2,1H3,(H,28,30)(H,29,31). The van der Waals surface area contributed by atoms with Gasteiger partial charge in [0.15, 0.2) is 0 Å². The van der Waals surface area contributed by atoms with Crippen LogP contribution in [0.5, 0.6) is 0 Å². The number of carbonyl (C=O) groups is 2. The van der Waals surface area contributed by atoms with Crippen molar-refractivity contribution < 1.29 is 18.4 Å². The Bertz CT molecular complexity index is 1080. The topological polar surface area (TPSA) is 58.2 Å². The van der Waals surface area contributed by atoms with Crippen LogP contribution in [0, 0.1) is 11.6 Å². The highest BCUT2D eigenvalue weighted by molar-refractivity contribution is 6.33. The van der Waals surface area contributed by atoms with Crippen LogP contribution >= 0.6 is 11.6 Å². The van der Waals surface area contributed by atoms with Crippen LogP contribution in [0.1, 0.15) is 46.9 Å². The summed E-state index contributed by atoms with van der Waals surface area (Å²) in [5.41, 5.74) is 1.21. The van der Waals surface area contributed by atoms with Crippen molar-refractivity contribution in [2.45, 2.75) is 25.4 Å².